The molecule has 0 aromatic rings. The molecule has 0 radical (unpaired) electrons. The second-order valence-corrected chi connectivity index (χ2v) is 16.0. The van der Waals surface area contributed by atoms with Crippen LogP contribution in [0, 0.1) is 5.41 Å². The van der Waals surface area contributed by atoms with Crippen LogP contribution in [0.5, 0.6) is 0 Å². The van der Waals surface area contributed by atoms with Gasteiger partial charge in [-0.2, -0.15) is 0 Å². The van der Waals surface area contributed by atoms with Crippen molar-refractivity contribution in [1.82, 2.24) is 0 Å². The van der Waals surface area contributed by atoms with E-state index in [2.05, 4.69) is 47.9 Å². The molecule has 0 fully saturated rings. The molecule has 18 heteroatoms. The summed E-state index contributed by atoms with van der Waals surface area (Å²) in [5, 5.41) is 17.4. The molecule has 0 saturated heterocycles. The molecule has 292 valence electrons. The molecule has 0 bridgehead atoms. The lowest BCUT2D eigenvalue weighted by molar-refractivity contribution is -0.162. The van der Waals surface area contributed by atoms with Crippen LogP contribution in [-0.2, 0) is 57.1 Å². The van der Waals surface area contributed by atoms with E-state index < -0.39 is 68.7 Å². The number of carbonyl (C=O) groups is 6. The standard InChI is InChI=1S/C16H27BrO8.C11H19BrO6.C5H8O2/c1-10(7-18)25-14(21)23-8-11(2)24-12(19)15(3,4)9-16(5,17)13(20)22-6;1-7(5-13)18-10(15)16-6-8(2)17-9(14)11(3,4)12;1-4(2)5(6)7-3/h10-11,18H,7-9H2,1-6H3;7-8,13H,5-6H2,1-4H3;1H2,2-3H3. The van der Waals surface area contributed by atoms with E-state index in [1.807, 2.05) is 0 Å². The summed E-state index contributed by atoms with van der Waals surface area (Å²) in [7, 11) is 2.60. The van der Waals surface area contributed by atoms with E-state index in [9.17, 15) is 28.8 Å². The van der Waals surface area contributed by atoms with Gasteiger partial charge in [-0.25, -0.2) is 14.4 Å². The molecule has 2 N–H and O–H groups in total. The Bertz CT molecular complexity index is 1100. The normalized spacial score (nSPS) is 14.4. The quantitative estimate of drug-likeness (QED) is 0.0942. The van der Waals surface area contributed by atoms with Gasteiger partial charge in [0, 0.05) is 5.57 Å². The summed E-state index contributed by atoms with van der Waals surface area (Å²) in [5.41, 5.74) is -0.547. The number of rotatable bonds is 16. The third kappa shape index (κ3) is 25.1. The monoisotopic (exact) mass is 852 g/mol. The van der Waals surface area contributed by atoms with Crippen molar-refractivity contribution in [2.75, 3.05) is 40.6 Å². The van der Waals surface area contributed by atoms with E-state index in [1.54, 1.807) is 55.4 Å². The predicted molar refractivity (Wildman–Crippen MR) is 187 cm³/mol. The maximum absolute atomic E-state index is 12.3. The summed E-state index contributed by atoms with van der Waals surface area (Å²) in [4.78, 5) is 68.2. The lowest BCUT2D eigenvalue weighted by atomic mass is 9.83. The van der Waals surface area contributed by atoms with Gasteiger partial charge in [0.2, 0.25) is 0 Å². The molecule has 0 aliphatic rings. The van der Waals surface area contributed by atoms with Crippen molar-refractivity contribution in [2.24, 2.45) is 5.41 Å². The molecule has 0 aromatic heterocycles. The molecule has 0 saturated carbocycles. The third-order valence-corrected chi connectivity index (χ3v) is 6.48. The van der Waals surface area contributed by atoms with E-state index in [0.717, 1.165) is 0 Å². The summed E-state index contributed by atoms with van der Waals surface area (Å²) in [6, 6.07) is 0. The maximum Gasteiger partial charge on any atom is 0.508 e. The van der Waals surface area contributed by atoms with Crippen molar-refractivity contribution < 1.29 is 76.9 Å². The van der Waals surface area contributed by atoms with Gasteiger partial charge in [-0.15, -0.1) is 0 Å². The van der Waals surface area contributed by atoms with E-state index in [4.69, 9.17) is 38.6 Å². The molecular weight excluding hydrogens is 800 g/mol. The summed E-state index contributed by atoms with van der Waals surface area (Å²) in [6.45, 7) is 18.4. The van der Waals surface area contributed by atoms with Gasteiger partial charge in [-0.05, 0) is 75.7 Å². The Kier molecular flexibility index (Phi) is 25.8. The number of halogens is 2. The molecular formula is C32H54Br2O16. The smallest absolute Gasteiger partial charge is 0.468 e. The van der Waals surface area contributed by atoms with Crippen LogP contribution in [0.1, 0.15) is 75.7 Å². The average molecular weight is 855 g/mol. The molecule has 0 heterocycles. The zero-order valence-corrected chi connectivity index (χ0v) is 34.1. The first-order chi connectivity index (χ1) is 22.7. The SMILES string of the molecule is C=C(C)C(=O)OC.CC(CO)OC(=O)OCC(C)OC(=O)C(C)(C)Br.COC(=O)C(C)(Br)CC(C)(C)C(=O)OC(C)COC(=O)OC(C)CO. The van der Waals surface area contributed by atoms with Crippen LogP contribution in [0.25, 0.3) is 0 Å². The van der Waals surface area contributed by atoms with Crippen LogP contribution < -0.4 is 0 Å². The van der Waals surface area contributed by atoms with Gasteiger partial charge in [-0.3, -0.25) is 14.4 Å². The number of hydrogen-bond donors (Lipinski definition) is 2. The number of esters is 4. The molecule has 0 aromatic carbocycles. The maximum atomic E-state index is 12.3. The number of carbonyl (C=O) groups excluding carboxylic acids is 6. The second kappa shape index (κ2) is 25.1. The van der Waals surface area contributed by atoms with Crippen LogP contribution >= 0.6 is 31.9 Å². The van der Waals surface area contributed by atoms with E-state index in [0.29, 0.717) is 5.57 Å². The minimum atomic E-state index is -1.03. The number of alkyl halides is 2. The van der Waals surface area contributed by atoms with E-state index in [1.165, 1.54) is 28.1 Å². The largest absolute Gasteiger partial charge is 0.508 e. The topological polar surface area (TPSA) is 217 Å². The zero-order valence-electron chi connectivity index (χ0n) is 30.9. The minimum Gasteiger partial charge on any atom is -0.468 e. The Morgan fingerprint density at radius 1 is 0.640 bits per heavy atom. The van der Waals surface area contributed by atoms with Crippen LogP contribution in [0.2, 0.25) is 0 Å². The summed E-state index contributed by atoms with van der Waals surface area (Å²) < 4.78 is 36.4. The molecule has 16 nitrogen and oxygen atoms in total. The van der Waals surface area contributed by atoms with Gasteiger partial charge in [0.25, 0.3) is 0 Å². The molecule has 0 spiro atoms. The number of methoxy groups -OCH3 is 2. The Morgan fingerprint density at radius 2 is 1.02 bits per heavy atom. The second-order valence-electron chi connectivity index (χ2n) is 12.3. The van der Waals surface area contributed by atoms with Crippen molar-refractivity contribution in [1.29, 1.82) is 0 Å². The fourth-order valence-electron chi connectivity index (χ4n) is 2.94. The van der Waals surface area contributed by atoms with Crippen LogP contribution in [0.4, 0.5) is 9.59 Å². The Morgan fingerprint density at radius 3 is 1.30 bits per heavy atom. The molecule has 0 aliphatic carbocycles. The number of ether oxygens (including phenoxy) is 8. The Hall–Kier alpha value is -2.96. The lowest BCUT2D eigenvalue weighted by Gasteiger charge is -2.30. The van der Waals surface area contributed by atoms with Crippen molar-refractivity contribution in [3.63, 3.8) is 0 Å². The number of aliphatic hydroxyl groups is 2. The third-order valence-electron chi connectivity index (χ3n) is 5.55. The van der Waals surface area contributed by atoms with Gasteiger partial charge in [0.1, 0.15) is 46.3 Å². The highest BCUT2D eigenvalue weighted by Gasteiger charge is 2.42. The highest BCUT2D eigenvalue weighted by molar-refractivity contribution is 9.10. The summed E-state index contributed by atoms with van der Waals surface area (Å²) in [6.07, 6.45) is -4.30. The van der Waals surface area contributed by atoms with Crippen LogP contribution in [0.15, 0.2) is 12.2 Å². The lowest BCUT2D eigenvalue weighted by Crippen LogP contribution is -2.40. The van der Waals surface area contributed by atoms with Crippen LogP contribution in [0.3, 0.4) is 0 Å². The Labute approximate surface area is 311 Å². The van der Waals surface area contributed by atoms with E-state index in [-0.39, 0.29) is 38.8 Å². The van der Waals surface area contributed by atoms with Gasteiger partial charge in [0.05, 0.1) is 32.8 Å². The Balaban J connectivity index is -0.000000766. The number of hydrogen-bond acceptors (Lipinski definition) is 16. The van der Waals surface area contributed by atoms with Crippen molar-refractivity contribution >= 4 is 68.0 Å². The zero-order chi connectivity index (χ0) is 40.0. The molecule has 5 atom stereocenters. The van der Waals surface area contributed by atoms with Crippen molar-refractivity contribution in [2.45, 2.75) is 109 Å². The molecule has 50 heavy (non-hydrogen) atoms. The first-order valence-electron chi connectivity index (χ1n) is 15.2. The first kappa shape index (κ1) is 51.4. The fraction of sp³-hybridized carbons (Fsp3) is 0.750. The summed E-state index contributed by atoms with van der Waals surface area (Å²) >= 11 is 6.43. The summed E-state index contributed by atoms with van der Waals surface area (Å²) in [5.74, 6) is -1.84. The average Bonchev–Trinajstić information content (AvgIpc) is 3.01. The highest BCUT2D eigenvalue weighted by Crippen LogP contribution is 2.36. The predicted octanol–water partition coefficient (Wildman–Crippen LogP) is 4.56. The van der Waals surface area contributed by atoms with Gasteiger partial charge in [0.15, 0.2) is 0 Å². The van der Waals surface area contributed by atoms with Crippen molar-refractivity contribution in [3.8, 4) is 0 Å². The molecule has 0 aliphatic heterocycles. The highest BCUT2D eigenvalue weighted by atomic mass is 79.9. The van der Waals surface area contributed by atoms with Crippen LogP contribution in [-0.4, -0.2) is 120 Å². The van der Waals surface area contributed by atoms with Gasteiger partial charge >= 0.3 is 36.2 Å². The van der Waals surface area contributed by atoms with Gasteiger partial charge < -0.3 is 48.1 Å². The van der Waals surface area contributed by atoms with E-state index >= 15 is 0 Å². The minimum absolute atomic E-state index is 0.105. The first-order valence-corrected chi connectivity index (χ1v) is 16.8. The van der Waals surface area contributed by atoms with Gasteiger partial charge in [-0.1, -0.05) is 38.4 Å². The number of aliphatic hydroxyl groups excluding tert-OH is 2. The molecule has 0 amide bonds. The molecule has 5 unspecified atom stereocenters. The van der Waals surface area contributed by atoms with Crippen molar-refractivity contribution in [3.05, 3.63) is 12.2 Å². The fourth-order valence-corrected chi connectivity index (χ4v) is 3.89. The molecule has 0 rings (SSSR count).